The van der Waals surface area contributed by atoms with Crippen LogP contribution in [0.15, 0.2) is 102 Å². The molecule has 1 heterocycles. The molecular formula is C25H21FN4OS. The van der Waals surface area contributed by atoms with Crippen molar-refractivity contribution in [2.45, 2.75) is 11.4 Å². The molecule has 0 radical (unpaired) electrons. The Labute approximate surface area is 190 Å². The van der Waals surface area contributed by atoms with E-state index in [1.165, 1.54) is 24.1 Å². The van der Waals surface area contributed by atoms with Crippen LogP contribution in [0.4, 0.5) is 20.6 Å². The minimum Gasteiger partial charge on any atom is -0.334 e. The van der Waals surface area contributed by atoms with Crippen molar-refractivity contribution < 1.29 is 9.18 Å². The van der Waals surface area contributed by atoms with Gasteiger partial charge in [-0.1, -0.05) is 54.6 Å². The van der Waals surface area contributed by atoms with Gasteiger partial charge in [0, 0.05) is 29.5 Å². The van der Waals surface area contributed by atoms with Gasteiger partial charge in [0.1, 0.15) is 5.82 Å². The fourth-order valence-corrected chi connectivity index (χ4v) is 3.85. The molecule has 32 heavy (non-hydrogen) atoms. The molecular weight excluding hydrogens is 423 g/mol. The number of hydrogen-bond donors (Lipinski definition) is 3. The van der Waals surface area contributed by atoms with Gasteiger partial charge in [0.25, 0.3) is 0 Å². The molecule has 3 N–H and O–H groups in total. The zero-order valence-corrected chi connectivity index (χ0v) is 17.9. The predicted octanol–water partition coefficient (Wildman–Crippen LogP) is 6.33. The number of urea groups is 1. The minimum absolute atomic E-state index is 0.105. The van der Waals surface area contributed by atoms with Crippen molar-refractivity contribution in [2.75, 3.05) is 10.0 Å². The van der Waals surface area contributed by atoms with Crippen molar-refractivity contribution in [3.8, 4) is 11.1 Å². The number of halogens is 1. The molecule has 0 spiro atoms. The third-order valence-corrected chi connectivity index (χ3v) is 5.56. The van der Waals surface area contributed by atoms with Crippen molar-refractivity contribution in [3.05, 3.63) is 109 Å². The van der Waals surface area contributed by atoms with Gasteiger partial charge in [-0.25, -0.2) is 9.18 Å². The number of carbonyl (C=O) groups excluding carboxylic acids is 1. The Bertz CT molecular complexity index is 1190. The van der Waals surface area contributed by atoms with Gasteiger partial charge in [0.05, 0.1) is 5.69 Å². The van der Waals surface area contributed by atoms with Gasteiger partial charge in [0.15, 0.2) is 0 Å². The number of aromatic nitrogens is 1. The largest absolute Gasteiger partial charge is 0.334 e. The standard InChI is InChI=1S/C25H21FN4OS/c26-22-15-20(12-13-23(22)29-25(31)28-17-18-7-6-14-27-16-18)30-32-24-11-5-4-10-21(24)19-8-2-1-3-9-19/h1-16,30H,17H2,(H2,28,29,31). The van der Waals surface area contributed by atoms with E-state index in [2.05, 4.69) is 38.5 Å². The van der Waals surface area contributed by atoms with E-state index in [1.54, 1.807) is 24.5 Å². The zero-order valence-electron chi connectivity index (χ0n) is 17.1. The monoisotopic (exact) mass is 444 g/mol. The third-order valence-electron chi connectivity index (χ3n) is 4.64. The topological polar surface area (TPSA) is 66.0 Å². The van der Waals surface area contributed by atoms with Crippen molar-refractivity contribution in [2.24, 2.45) is 0 Å². The van der Waals surface area contributed by atoms with E-state index in [-0.39, 0.29) is 5.69 Å². The normalized spacial score (nSPS) is 10.4. The number of amides is 2. The van der Waals surface area contributed by atoms with Crippen LogP contribution in [0.3, 0.4) is 0 Å². The van der Waals surface area contributed by atoms with Crippen LogP contribution in [0.2, 0.25) is 0 Å². The Morgan fingerprint density at radius 1 is 0.938 bits per heavy atom. The molecule has 0 unspecified atom stereocenters. The fourth-order valence-electron chi connectivity index (χ4n) is 3.06. The quantitative estimate of drug-likeness (QED) is 0.292. The predicted molar refractivity (Wildman–Crippen MR) is 128 cm³/mol. The molecule has 0 aliphatic rings. The first-order chi connectivity index (χ1) is 15.7. The highest BCUT2D eigenvalue weighted by molar-refractivity contribution is 8.00. The van der Waals surface area contributed by atoms with Crippen molar-refractivity contribution in [3.63, 3.8) is 0 Å². The van der Waals surface area contributed by atoms with Crippen LogP contribution in [0.1, 0.15) is 5.56 Å². The first kappa shape index (κ1) is 21.4. The molecule has 0 fully saturated rings. The fraction of sp³-hybridized carbons (Fsp3) is 0.0400. The maximum Gasteiger partial charge on any atom is 0.319 e. The molecule has 4 aromatic rings. The van der Waals surface area contributed by atoms with Gasteiger partial charge < -0.3 is 15.4 Å². The molecule has 7 heteroatoms. The van der Waals surface area contributed by atoms with Crippen molar-refractivity contribution >= 4 is 29.4 Å². The number of carbonyl (C=O) groups is 1. The molecule has 0 atom stereocenters. The summed E-state index contributed by atoms with van der Waals surface area (Å²) in [4.78, 5) is 17.1. The van der Waals surface area contributed by atoms with E-state index < -0.39 is 11.8 Å². The van der Waals surface area contributed by atoms with Gasteiger partial charge in [-0.15, -0.1) is 0 Å². The average Bonchev–Trinajstić information content (AvgIpc) is 2.84. The lowest BCUT2D eigenvalue weighted by Gasteiger charge is -2.12. The number of benzene rings is 3. The number of rotatable bonds is 7. The summed E-state index contributed by atoms with van der Waals surface area (Å²) in [5.74, 6) is -0.525. The third kappa shape index (κ3) is 5.65. The van der Waals surface area contributed by atoms with E-state index >= 15 is 0 Å². The van der Waals surface area contributed by atoms with Crippen LogP contribution < -0.4 is 15.4 Å². The Morgan fingerprint density at radius 2 is 1.75 bits per heavy atom. The lowest BCUT2D eigenvalue weighted by atomic mass is 10.1. The molecule has 1 aromatic heterocycles. The molecule has 160 valence electrons. The van der Waals surface area contributed by atoms with E-state index in [0.29, 0.717) is 12.2 Å². The summed E-state index contributed by atoms with van der Waals surface area (Å²) >= 11 is 1.41. The SMILES string of the molecule is O=C(NCc1cccnc1)Nc1ccc(NSc2ccccc2-c2ccccc2)cc1F. The molecule has 0 saturated heterocycles. The highest BCUT2D eigenvalue weighted by Crippen LogP contribution is 2.32. The molecule has 0 bridgehead atoms. The van der Waals surface area contributed by atoms with Gasteiger partial charge >= 0.3 is 6.03 Å². The molecule has 5 nitrogen and oxygen atoms in total. The second kappa shape index (κ2) is 10.5. The molecule has 0 saturated carbocycles. The van der Waals surface area contributed by atoms with E-state index in [9.17, 15) is 9.18 Å². The maximum atomic E-state index is 14.5. The smallest absolute Gasteiger partial charge is 0.319 e. The summed E-state index contributed by atoms with van der Waals surface area (Å²) in [6.45, 7) is 0.304. The zero-order chi connectivity index (χ0) is 22.2. The van der Waals surface area contributed by atoms with Gasteiger partial charge in [-0.2, -0.15) is 0 Å². The summed E-state index contributed by atoms with van der Waals surface area (Å²) in [7, 11) is 0. The van der Waals surface area contributed by atoms with Crippen LogP contribution in [-0.4, -0.2) is 11.0 Å². The van der Waals surface area contributed by atoms with Gasteiger partial charge in [-0.3, -0.25) is 4.98 Å². The summed E-state index contributed by atoms with van der Waals surface area (Å²) < 4.78 is 17.7. The van der Waals surface area contributed by atoms with Crippen LogP contribution in [0.25, 0.3) is 11.1 Å². The molecule has 4 rings (SSSR count). The summed E-state index contributed by atoms with van der Waals surface area (Å²) in [5, 5.41) is 5.21. The molecule has 0 aliphatic carbocycles. The summed E-state index contributed by atoms with van der Waals surface area (Å²) in [6.07, 6.45) is 3.32. The van der Waals surface area contributed by atoms with Crippen LogP contribution >= 0.6 is 11.9 Å². The van der Waals surface area contributed by atoms with Gasteiger partial charge in [0.2, 0.25) is 0 Å². The van der Waals surface area contributed by atoms with Crippen molar-refractivity contribution in [1.82, 2.24) is 10.3 Å². The van der Waals surface area contributed by atoms with Crippen LogP contribution in [-0.2, 0) is 6.54 Å². The Morgan fingerprint density at radius 3 is 2.53 bits per heavy atom. The molecule has 0 aliphatic heterocycles. The van der Waals surface area contributed by atoms with E-state index in [0.717, 1.165) is 21.6 Å². The van der Waals surface area contributed by atoms with E-state index in [4.69, 9.17) is 0 Å². The minimum atomic E-state index is -0.525. The Hall–Kier alpha value is -3.84. The summed E-state index contributed by atoms with van der Waals surface area (Å²) in [5.41, 5.74) is 3.76. The lowest BCUT2D eigenvalue weighted by Crippen LogP contribution is -2.28. The second-order valence-electron chi connectivity index (χ2n) is 6.93. The first-order valence-electron chi connectivity index (χ1n) is 9.99. The number of hydrogen-bond acceptors (Lipinski definition) is 4. The Kier molecular flexibility index (Phi) is 6.99. The van der Waals surface area contributed by atoms with Crippen LogP contribution in [0, 0.1) is 5.82 Å². The highest BCUT2D eigenvalue weighted by Gasteiger charge is 2.09. The van der Waals surface area contributed by atoms with Crippen molar-refractivity contribution in [1.29, 1.82) is 0 Å². The maximum absolute atomic E-state index is 14.5. The van der Waals surface area contributed by atoms with Gasteiger partial charge in [-0.05, 0) is 59.0 Å². The number of nitrogens with zero attached hydrogens (tertiary/aromatic N) is 1. The summed E-state index contributed by atoms with van der Waals surface area (Å²) in [6, 6.07) is 25.9. The first-order valence-corrected chi connectivity index (χ1v) is 10.8. The average molecular weight is 445 g/mol. The van der Waals surface area contributed by atoms with Crippen LogP contribution in [0.5, 0.6) is 0 Å². The van der Waals surface area contributed by atoms with E-state index in [1.807, 2.05) is 42.5 Å². The number of nitrogens with one attached hydrogen (secondary N) is 3. The number of pyridine rings is 1. The lowest BCUT2D eigenvalue weighted by molar-refractivity contribution is 0.251. The molecule has 3 aromatic carbocycles. The number of anilines is 2. The Balaban J connectivity index is 1.37. The molecule has 2 amide bonds. The second-order valence-corrected chi connectivity index (χ2v) is 7.78. The highest BCUT2D eigenvalue weighted by atomic mass is 32.2.